The van der Waals surface area contributed by atoms with Gasteiger partial charge in [-0.05, 0) is 42.7 Å². The van der Waals surface area contributed by atoms with Crippen LogP contribution in [-0.4, -0.2) is 62.4 Å². The fourth-order valence-electron chi connectivity index (χ4n) is 4.48. The van der Waals surface area contributed by atoms with Crippen molar-refractivity contribution in [2.75, 3.05) is 50.5 Å². The lowest BCUT2D eigenvalue weighted by atomic mass is 10.2. The van der Waals surface area contributed by atoms with Crippen LogP contribution in [0.2, 0.25) is 0 Å². The van der Waals surface area contributed by atoms with Gasteiger partial charge in [-0.2, -0.15) is 27.2 Å². The standard InChI is InChI=1S/C27H34N6O5S/c1-27(10-11-27)19-38-25-23(18-29-33(26(25)34)21-6-4-3-5-7-21)31-12-14-32(15-13-31)39(35,36)30-17-20-8-9-24(37-2)22(28)16-20/h3-9,16,18,30H,10-15,17,19,28H2,1-2H3. The zero-order valence-electron chi connectivity index (χ0n) is 22.2. The molecule has 1 aliphatic heterocycles. The molecule has 0 atom stereocenters. The molecule has 2 fully saturated rings. The molecule has 39 heavy (non-hydrogen) atoms. The number of aromatic nitrogens is 2. The first-order valence-corrected chi connectivity index (χ1v) is 14.4. The lowest BCUT2D eigenvalue weighted by Gasteiger charge is -2.35. The van der Waals surface area contributed by atoms with Gasteiger partial charge < -0.3 is 20.1 Å². The number of methoxy groups -OCH3 is 1. The van der Waals surface area contributed by atoms with Gasteiger partial charge in [-0.3, -0.25) is 4.79 Å². The number of hydrogen-bond donors (Lipinski definition) is 2. The maximum atomic E-state index is 13.5. The third-order valence-electron chi connectivity index (χ3n) is 7.26. The van der Waals surface area contributed by atoms with Crippen LogP contribution >= 0.6 is 0 Å². The number of nitrogens with zero attached hydrogens (tertiary/aromatic N) is 4. The highest BCUT2D eigenvalue weighted by molar-refractivity contribution is 7.87. The molecule has 0 bridgehead atoms. The Bertz CT molecular complexity index is 1480. The Morgan fingerprint density at radius 2 is 1.79 bits per heavy atom. The average molecular weight is 555 g/mol. The van der Waals surface area contributed by atoms with Gasteiger partial charge in [0.25, 0.3) is 10.2 Å². The van der Waals surface area contributed by atoms with Gasteiger partial charge in [0.2, 0.25) is 5.75 Å². The molecule has 0 amide bonds. The average Bonchev–Trinajstić information content (AvgIpc) is 3.69. The number of ether oxygens (including phenoxy) is 2. The predicted molar refractivity (Wildman–Crippen MR) is 150 cm³/mol. The molecule has 1 saturated carbocycles. The van der Waals surface area contributed by atoms with Crippen LogP contribution in [0.4, 0.5) is 11.4 Å². The molecular formula is C27H34N6O5S. The summed E-state index contributed by atoms with van der Waals surface area (Å²) in [4.78, 5) is 15.5. The molecule has 2 aromatic carbocycles. The first-order chi connectivity index (χ1) is 18.7. The van der Waals surface area contributed by atoms with Gasteiger partial charge in [0.15, 0.2) is 0 Å². The summed E-state index contributed by atoms with van der Waals surface area (Å²) in [6, 6.07) is 14.4. The molecule has 5 rings (SSSR count). The molecule has 3 N–H and O–H groups in total. The Balaban J connectivity index is 1.29. The van der Waals surface area contributed by atoms with Gasteiger partial charge in [0.1, 0.15) is 11.4 Å². The molecule has 0 spiro atoms. The van der Waals surface area contributed by atoms with Crippen molar-refractivity contribution in [2.45, 2.75) is 26.3 Å². The van der Waals surface area contributed by atoms with Crippen LogP contribution in [-0.2, 0) is 16.8 Å². The van der Waals surface area contributed by atoms with Gasteiger partial charge in [0, 0.05) is 38.1 Å². The number of para-hydroxylation sites is 1. The second kappa shape index (κ2) is 10.9. The first-order valence-electron chi connectivity index (χ1n) is 12.9. The lowest BCUT2D eigenvalue weighted by molar-refractivity contribution is 0.242. The molecule has 11 nitrogen and oxygen atoms in total. The van der Waals surface area contributed by atoms with Gasteiger partial charge in [-0.15, -0.1) is 0 Å². The Morgan fingerprint density at radius 1 is 1.08 bits per heavy atom. The number of benzene rings is 2. The van der Waals surface area contributed by atoms with E-state index in [1.807, 2.05) is 35.2 Å². The van der Waals surface area contributed by atoms with Gasteiger partial charge >= 0.3 is 5.56 Å². The second-order valence-corrected chi connectivity index (χ2v) is 12.1. The van der Waals surface area contributed by atoms with E-state index in [1.165, 1.54) is 16.1 Å². The third kappa shape index (κ3) is 6.02. The number of piperazine rings is 1. The van der Waals surface area contributed by atoms with E-state index in [4.69, 9.17) is 15.2 Å². The van der Waals surface area contributed by atoms with E-state index in [0.29, 0.717) is 42.5 Å². The van der Waals surface area contributed by atoms with Crippen molar-refractivity contribution in [3.8, 4) is 17.2 Å². The van der Waals surface area contributed by atoms with Crippen LogP contribution < -0.4 is 30.4 Å². The fraction of sp³-hybridized carbons (Fsp3) is 0.407. The van der Waals surface area contributed by atoms with Crippen molar-refractivity contribution in [3.63, 3.8) is 0 Å². The number of rotatable bonds is 10. The second-order valence-electron chi connectivity index (χ2n) is 10.3. The molecule has 2 aliphatic rings. The summed E-state index contributed by atoms with van der Waals surface area (Å²) in [5.74, 6) is 0.784. The topological polar surface area (TPSA) is 132 Å². The van der Waals surface area contributed by atoms with Crippen molar-refractivity contribution in [1.82, 2.24) is 18.8 Å². The summed E-state index contributed by atoms with van der Waals surface area (Å²) in [5.41, 5.74) is 8.09. The molecule has 1 saturated heterocycles. The smallest absolute Gasteiger partial charge is 0.316 e. The van der Waals surface area contributed by atoms with Crippen LogP contribution in [0.3, 0.4) is 0 Å². The number of anilines is 2. The zero-order chi connectivity index (χ0) is 27.6. The van der Waals surface area contributed by atoms with Crippen LogP contribution in [0.1, 0.15) is 25.3 Å². The SMILES string of the molecule is COc1ccc(CNS(=O)(=O)N2CCN(c3cnn(-c4ccccc4)c(=O)c3OCC3(C)CC3)CC2)cc1N. The quantitative estimate of drug-likeness (QED) is 0.365. The molecule has 3 aromatic rings. The molecule has 12 heteroatoms. The minimum atomic E-state index is -3.73. The molecule has 2 heterocycles. The van der Waals surface area contributed by atoms with Crippen molar-refractivity contribution < 1.29 is 17.9 Å². The summed E-state index contributed by atoms with van der Waals surface area (Å²) in [5, 5.41) is 4.41. The fourth-order valence-corrected chi connectivity index (χ4v) is 5.65. The summed E-state index contributed by atoms with van der Waals surface area (Å²) in [7, 11) is -2.20. The van der Waals surface area contributed by atoms with E-state index < -0.39 is 10.2 Å². The zero-order valence-corrected chi connectivity index (χ0v) is 23.0. The van der Waals surface area contributed by atoms with E-state index in [2.05, 4.69) is 16.7 Å². The molecule has 208 valence electrons. The Morgan fingerprint density at radius 3 is 2.44 bits per heavy atom. The lowest BCUT2D eigenvalue weighted by Crippen LogP contribution is -2.52. The van der Waals surface area contributed by atoms with Gasteiger partial charge in [-0.25, -0.2) is 0 Å². The maximum Gasteiger partial charge on any atom is 0.316 e. The molecule has 1 aliphatic carbocycles. The van der Waals surface area contributed by atoms with E-state index in [-0.39, 0.29) is 36.4 Å². The molecular weight excluding hydrogens is 520 g/mol. The summed E-state index contributed by atoms with van der Waals surface area (Å²) in [6.07, 6.45) is 3.76. The highest BCUT2D eigenvalue weighted by Gasteiger charge is 2.39. The van der Waals surface area contributed by atoms with E-state index in [1.54, 1.807) is 24.4 Å². The van der Waals surface area contributed by atoms with Crippen molar-refractivity contribution in [1.29, 1.82) is 0 Å². The summed E-state index contributed by atoms with van der Waals surface area (Å²) < 4.78 is 42.7. The third-order valence-corrected chi connectivity index (χ3v) is 8.81. The normalized spacial score (nSPS) is 17.1. The number of nitrogens with two attached hydrogens (primary N) is 1. The van der Waals surface area contributed by atoms with Crippen LogP contribution in [0.15, 0.2) is 59.5 Å². The number of hydrogen-bond acceptors (Lipinski definition) is 8. The Hall–Kier alpha value is -3.61. The molecule has 1 aromatic heterocycles. The number of nitrogens with one attached hydrogen (secondary N) is 1. The molecule has 0 radical (unpaired) electrons. The predicted octanol–water partition coefficient (Wildman–Crippen LogP) is 2.16. The Labute approximate surface area is 228 Å². The van der Waals surface area contributed by atoms with E-state index in [9.17, 15) is 13.2 Å². The van der Waals surface area contributed by atoms with Gasteiger partial charge in [0.05, 0.1) is 31.3 Å². The minimum absolute atomic E-state index is 0.0809. The van der Waals surface area contributed by atoms with E-state index >= 15 is 0 Å². The molecule has 0 unspecified atom stereocenters. The van der Waals surface area contributed by atoms with Gasteiger partial charge in [-0.1, -0.05) is 31.2 Å². The van der Waals surface area contributed by atoms with Crippen molar-refractivity contribution >= 4 is 21.6 Å². The maximum absolute atomic E-state index is 13.5. The van der Waals surface area contributed by atoms with Crippen LogP contribution in [0, 0.1) is 5.41 Å². The largest absolute Gasteiger partial charge is 0.495 e. The highest BCUT2D eigenvalue weighted by Crippen LogP contribution is 2.45. The van der Waals surface area contributed by atoms with E-state index in [0.717, 1.165) is 18.4 Å². The first kappa shape index (κ1) is 27.0. The highest BCUT2D eigenvalue weighted by atomic mass is 32.2. The van der Waals surface area contributed by atoms with Crippen molar-refractivity contribution in [2.24, 2.45) is 5.41 Å². The monoisotopic (exact) mass is 554 g/mol. The number of nitrogen functional groups attached to an aromatic ring is 1. The van der Waals surface area contributed by atoms with Crippen LogP contribution in [0.5, 0.6) is 11.5 Å². The minimum Gasteiger partial charge on any atom is -0.495 e. The summed E-state index contributed by atoms with van der Waals surface area (Å²) >= 11 is 0. The van der Waals surface area contributed by atoms with Crippen LogP contribution in [0.25, 0.3) is 5.69 Å². The summed E-state index contributed by atoms with van der Waals surface area (Å²) in [6.45, 7) is 3.97. The van der Waals surface area contributed by atoms with Crippen molar-refractivity contribution in [3.05, 3.63) is 70.6 Å². The Kier molecular flexibility index (Phi) is 7.52.